The van der Waals surface area contributed by atoms with Crippen molar-refractivity contribution in [3.8, 4) is 0 Å². The first-order valence-corrected chi connectivity index (χ1v) is 7.90. The Bertz CT molecular complexity index is 808. The number of rotatable bonds is 7. The second-order valence-corrected chi connectivity index (χ2v) is 5.53. The molecular formula is C19H17F2NO4. The van der Waals surface area contributed by atoms with E-state index < -0.39 is 29.6 Å². The lowest BCUT2D eigenvalue weighted by molar-refractivity contribution is -0.153. The molecule has 0 bridgehead atoms. The molecule has 0 aliphatic rings. The highest BCUT2D eigenvalue weighted by molar-refractivity contribution is 5.98. The maximum Gasteiger partial charge on any atom is 0.307 e. The number of esters is 1. The molecule has 1 amide bonds. The van der Waals surface area contributed by atoms with Gasteiger partial charge >= 0.3 is 5.97 Å². The number of carbonyl (C=O) groups is 3. The number of ketones is 1. The molecular weight excluding hydrogens is 344 g/mol. The summed E-state index contributed by atoms with van der Waals surface area (Å²) in [4.78, 5) is 35.6. The van der Waals surface area contributed by atoms with E-state index in [1.807, 2.05) is 0 Å². The molecule has 0 spiro atoms. The molecule has 2 aromatic carbocycles. The Kier molecular flexibility index (Phi) is 6.54. The summed E-state index contributed by atoms with van der Waals surface area (Å²) in [6, 6.07) is 11.2. The summed E-state index contributed by atoms with van der Waals surface area (Å²) in [5, 5.41) is 2.21. The number of hydrogen-bond acceptors (Lipinski definition) is 4. The van der Waals surface area contributed by atoms with Crippen molar-refractivity contribution in [1.82, 2.24) is 0 Å². The van der Waals surface area contributed by atoms with Gasteiger partial charge in [0.1, 0.15) is 11.6 Å². The third kappa shape index (κ3) is 5.47. The monoisotopic (exact) mass is 361 g/mol. The summed E-state index contributed by atoms with van der Waals surface area (Å²) in [5.74, 6) is -3.42. The van der Waals surface area contributed by atoms with Crippen molar-refractivity contribution in [3.63, 3.8) is 0 Å². The summed E-state index contributed by atoms with van der Waals surface area (Å²) in [6.45, 7) is 1.31. The summed E-state index contributed by atoms with van der Waals surface area (Å²) < 4.78 is 31.3. The van der Waals surface area contributed by atoms with Crippen LogP contribution in [0.3, 0.4) is 0 Å². The highest BCUT2D eigenvalue weighted by atomic mass is 19.1. The smallest absolute Gasteiger partial charge is 0.307 e. The Balaban J connectivity index is 1.82. The Morgan fingerprint density at radius 1 is 1.04 bits per heavy atom. The van der Waals surface area contributed by atoms with Gasteiger partial charge in [-0.25, -0.2) is 8.78 Å². The van der Waals surface area contributed by atoms with Crippen molar-refractivity contribution in [1.29, 1.82) is 0 Å². The number of carbonyl (C=O) groups excluding carboxylic acids is 3. The van der Waals surface area contributed by atoms with E-state index in [0.717, 1.165) is 12.1 Å². The average Bonchev–Trinajstić information content (AvgIpc) is 2.62. The molecule has 2 rings (SSSR count). The van der Waals surface area contributed by atoms with Crippen LogP contribution in [0, 0.1) is 11.6 Å². The minimum Gasteiger partial charge on any atom is -0.453 e. The van der Waals surface area contributed by atoms with Gasteiger partial charge in [-0.15, -0.1) is 0 Å². The minimum absolute atomic E-state index is 0.0518. The van der Waals surface area contributed by atoms with Gasteiger partial charge in [0, 0.05) is 18.1 Å². The molecule has 2 aromatic rings. The first-order chi connectivity index (χ1) is 12.4. The molecule has 0 aromatic heterocycles. The zero-order valence-electron chi connectivity index (χ0n) is 14.0. The third-order valence-electron chi connectivity index (χ3n) is 3.52. The lowest BCUT2D eigenvalue weighted by Crippen LogP contribution is -2.30. The van der Waals surface area contributed by atoms with Gasteiger partial charge in [0.15, 0.2) is 11.9 Å². The molecule has 0 heterocycles. The first-order valence-electron chi connectivity index (χ1n) is 7.90. The Labute approximate surface area is 149 Å². The van der Waals surface area contributed by atoms with Crippen LogP contribution in [0.2, 0.25) is 0 Å². The highest BCUT2D eigenvalue weighted by Gasteiger charge is 2.20. The zero-order valence-corrected chi connectivity index (χ0v) is 14.0. The van der Waals surface area contributed by atoms with E-state index >= 15 is 0 Å². The van der Waals surface area contributed by atoms with Crippen LogP contribution in [0.15, 0.2) is 48.5 Å². The number of benzene rings is 2. The molecule has 7 heteroatoms. The van der Waals surface area contributed by atoms with E-state index in [1.165, 1.54) is 6.92 Å². The van der Waals surface area contributed by atoms with E-state index in [9.17, 15) is 23.2 Å². The number of halogens is 2. The molecule has 0 saturated carbocycles. The lowest BCUT2D eigenvalue weighted by atomic mass is 10.1. The molecule has 136 valence electrons. The molecule has 0 aliphatic heterocycles. The van der Waals surface area contributed by atoms with Gasteiger partial charge in [-0.1, -0.05) is 30.3 Å². The van der Waals surface area contributed by atoms with Gasteiger partial charge < -0.3 is 10.1 Å². The largest absolute Gasteiger partial charge is 0.453 e. The van der Waals surface area contributed by atoms with E-state index in [0.29, 0.717) is 11.6 Å². The normalized spacial score (nSPS) is 11.5. The van der Waals surface area contributed by atoms with Gasteiger partial charge in [0.05, 0.1) is 12.1 Å². The molecule has 1 atom stereocenters. The Morgan fingerprint density at radius 2 is 1.73 bits per heavy atom. The summed E-state index contributed by atoms with van der Waals surface area (Å²) >= 11 is 0. The average molecular weight is 361 g/mol. The molecule has 0 saturated heterocycles. The van der Waals surface area contributed by atoms with E-state index in [2.05, 4.69) is 5.32 Å². The van der Waals surface area contributed by atoms with Gasteiger partial charge in [-0.05, 0) is 19.1 Å². The maximum absolute atomic E-state index is 13.5. The lowest BCUT2D eigenvalue weighted by Gasteiger charge is -2.14. The van der Waals surface area contributed by atoms with Crippen LogP contribution in [-0.4, -0.2) is 23.8 Å². The van der Waals surface area contributed by atoms with Crippen molar-refractivity contribution < 1.29 is 27.9 Å². The number of hydrogen-bond donors (Lipinski definition) is 1. The van der Waals surface area contributed by atoms with E-state index in [1.54, 1.807) is 30.3 Å². The van der Waals surface area contributed by atoms with Crippen LogP contribution in [0.25, 0.3) is 0 Å². The minimum atomic E-state index is -1.20. The number of Topliss-reactive ketones (excluding diaryl/α,β-unsaturated/α-hetero) is 1. The molecule has 0 unspecified atom stereocenters. The quantitative estimate of drug-likeness (QED) is 0.605. The molecule has 0 fully saturated rings. The van der Waals surface area contributed by atoms with E-state index in [4.69, 9.17) is 4.74 Å². The first kappa shape index (κ1) is 19.2. The predicted octanol–water partition coefficient (Wildman–Crippen LogP) is 3.50. The fourth-order valence-electron chi connectivity index (χ4n) is 2.12. The highest BCUT2D eigenvalue weighted by Crippen LogP contribution is 2.15. The molecule has 0 radical (unpaired) electrons. The molecule has 5 nitrogen and oxygen atoms in total. The van der Waals surface area contributed by atoms with Crippen LogP contribution in [-0.2, 0) is 14.3 Å². The van der Waals surface area contributed by atoms with Gasteiger partial charge in [0.25, 0.3) is 5.91 Å². The maximum atomic E-state index is 13.5. The van der Waals surface area contributed by atoms with E-state index in [-0.39, 0.29) is 24.3 Å². The molecule has 1 N–H and O–H groups in total. The number of nitrogens with one attached hydrogen (secondary N) is 1. The van der Waals surface area contributed by atoms with Crippen molar-refractivity contribution in [2.75, 3.05) is 5.32 Å². The van der Waals surface area contributed by atoms with Crippen molar-refractivity contribution >= 4 is 23.3 Å². The van der Waals surface area contributed by atoms with Gasteiger partial charge in [-0.2, -0.15) is 0 Å². The molecule has 0 aliphatic carbocycles. The number of amides is 1. The van der Waals surface area contributed by atoms with Crippen LogP contribution in [0.1, 0.15) is 30.1 Å². The zero-order chi connectivity index (χ0) is 19.1. The fraction of sp³-hybridized carbons (Fsp3) is 0.211. The topological polar surface area (TPSA) is 72.5 Å². The summed E-state index contributed by atoms with van der Waals surface area (Å²) in [6.07, 6.45) is -1.43. The van der Waals surface area contributed by atoms with Crippen LogP contribution in [0.5, 0.6) is 0 Å². The third-order valence-corrected chi connectivity index (χ3v) is 3.52. The number of ether oxygens (including phenoxy) is 1. The Morgan fingerprint density at radius 3 is 2.38 bits per heavy atom. The van der Waals surface area contributed by atoms with Crippen molar-refractivity contribution in [3.05, 3.63) is 65.7 Å². The Hall–Kier alpha value is -3.09. The van der Waals surface area contributed by atoms with Crippen LogP contribution < -0.4 is 5.32 Å². The van der Waals surface area contributed by atoms with Crippen LogP contribution in [0.4, 0.5) is 14.5 Å². The fourth-order valence-corrected chi connectivity index (χ4v) is 2.12. The van der Waals surface area contributed by atoms with Gasteiger partial charge in [-0.3, -0.25) is 14.4 Å². The van der Waals surface area contributed by atoms with Crippen molar-refractivity contribution in [2.45, 2.75) is 25.9 Å². The SMILES string of the molecule is C[C@H](OC(=O)CCC(=O)c1ccccc1)C(=O)Nc1ccc(F)cc1F. The predicted molar refractivity (Wildman–Crippen MR) is 90.5 cm³/mol. The standard InChI is InChI=1S/C19H17F2NO4/c1-12(19(25)22-16-8-7-14(20)11-15(16)21)26-18(24)10-9-17(23)13-5-3-2-4-6-13/h2-8,11-12H,9-10H2,1H3,(H,22,25)/t12-/m0/s1. The van der Waals surface area contributed by atoms with Crippen molar-refractivity contribution in [2.24, 2.45) is 0 Å². The van der Waals surface area contributed by atoms with Crippen LogP contribution >= 0.6 is 0 Å². The second-order valence-electron chi connectivity index (χ2n) is 5.53. The second kappa shape index (κ2) is 8.84. The molecule has 26 heavy (non-hydrogen) atoms. The summed E-state index contributed by atoms with van der Waals surface area (Å²) in [5.41, 5.74) is 0.261. The van der Waals surface area contributed by atoms with Gasteiger partial charge in [0.2, 0.25) is 0 Å². The number of anilines is 1. The summed E-state index contributed by atoms with van der Waals surface area (Å²) in [7, 11) is 0.